The van der Waals surface area contributed by atoms with Crippen molar-refractivity contribution in [2.45, 2.75) is 13.5 Å². The average Bonchev–Trinajstić information content (AvgIpc) is 2.72. The fourth-order valence-electron chi connectivity index (χ4n) is 2.84. The third kappa shape index (κ3) is 5.67. The molecule has 0 bridgehead atoms. The van der Waals surface area contributed by atoms with E-state index in [0.717, 1.165) is 6.07 Å². The number of carbonyl (C=O) groups excluding carboxylic acids is 3. The van der Waals surface area contributed by atoms with Crippen LogP contribution in [0.15, 0.2) is 66.7 Å². The van der Waals surface area contributed by atoms with Crippen LogP contribution < -0.4 is 15.4 Å². The summed E-state index contributed by atoms with van der Waals surface area (Å²) >= 11 is 5.96. The Morgan fingerprint density at radius 2 is 1.71 bits per heavy atom. The van der Waals surface area contributed by atoms with Gasteiger partial charge in [0.2, 0.25) is 0 Å². The Kier molecular flexibility index (Phi) is 6.99. The van der Waals surface area contributed by atoms with E-state index in [9.17, 15) is 18.8 Å². The Labute approximate surface area is 183 Å². The average molecular weight is 441 g/mol. The molecule has 0 aliphatic heterocycles. The van der Waals surface area contributed by atoms with E-state index in [2.05, 4.69) is 10.6 Å². The first-order chi connectivity index (χ1) is 14.8. The van der Waals surface area contributed by atoms with Gasteiger partial charge in [0.1, 0.15) is 11.6 Å². The summed E-state index contributed by atoms with van der Waals surface area (Å²) < 4.78 is 19.0. The summed E-state index contributed by atoms with van der Waals surface area (Å²) in [6.45, 7) is 1.37. The molecule has 3 aromatic carbocycles. The molecule has 0 fully saturated rings. The van der Waals surface area contributed by atoms with Gasteiger partial charge in [0, 0.05) is 24.7 Å². The van der Waals surface area contributed by atoms with Crippen LogP contribution in [0.1, 0.15) is 33.2 Å². The number of hydrogen-bond acceptors (Lipinski definition) is 4. The number of hydrogen-bond donors (Lipinski definition) is 2. The predicted molar refractivity (Wildman–Crippen MR) is 115 cm³/mol. The van der Waals surface area contributed by atoms with E-state index in [4.69, 9.17) is 16.3 Å². The molecule has 0 unspecified atom stereocenters. The van der Waals surface area contributed by atoms with Crippen molar-refractivity contribution in [3.8, 4) is 5.75 Å². The van der Waals surface area contributed by atoms with Crippen molar-refractivity contribution in [1.82, 2.24) is 5.32 Å². The van der Waals surface area contributed by atoms with Gasteiger partial charge in [-0.25, -0.2) is 4.39 Å². The molecule has 8 heteroatoms. The van der Waals surface area contributed by atoms with E-state index >= 15 is 0 Å². The number of carbonyl (C=O) groups is 3. The van der Waals surface area contributed by atoms with Crippen molar-refractivity contribution in [2.75, 3.05) is 5.32 Å². The van der Waals surface area contributed by atoms with Gasteiger partial charge in [-0.3, -0.25) is 14.4 Å². The summed E-state index contributed by atoms with van der Waals surface area (Å²) in [5.74, 6) is -2.06. The number of halogens is 2. The second kappa shape index (κ2) is 9.86. The first kappa shape index (κ1) is 22.0. The molecule has 6 nitrogen and oxygen atoms in total. The Bertz CT molecular complexity index is 1130. The summed E-state index contributed by atoms with van der Waals surface area (Å²) in [6, 6.07) is 17.0. The minimum absolute atomic E-state index is 0.00375. The quantitative estimate of drug-likeness (QED) is 0.434. The highest BCUT2D eigenvalue weighted by molar-refractivity contribution is 6.34. The van der Waals surface area contributed by atoms with Crippen LogP contribution in [-0.4, -0.2) is 17.8 Å². The van der Waals surface area contributed by atoms with Crippen molar-refractivity contribution in [3.63, 3.8) is 0 Å². The minimum atomic E-state index is -0.733. The molecule has 0 spiro atoms. The van der Waals surface area contributed by atoms with Crippen LogP contribution in [-0.2, 0) is 11.3 Å². The molecule has 3 rings (SSSR count). The largest absolute Gasteiger partial charge is 0.427 e. The van der Waals surface area contributed by atoms with Gasteiger partial charge in [0.25, 0.3) is 11.8 Å². The normalized spacial score (nSPS) is 10.3. The number of esters is 1. The van der Waals surface area contributed by atoms with Crippen LogP contribution in [0, 0.1) is 5.82 Å². The van der Waals surface area contributed by atoms with Crippen LogP contribution in [0.5, 0.6) is 5.75 Å². The lowest BCUT2D eigenvalue weighted by atomic mass is 10.1. The molecule has 0 heterocycles. The van der Waals surface area contributed by atoms with Crippen molar-refractivity contribution in [1.29, 1.82) is 0 Å². The molecule has 0 saturated heterocycles. The maximum absolute atomic E-state index is 14.0. The van der Waals surface area contributed by atoms with Crippen molar-refractivity contribution < 1.29 is 23.5 Å². The lowest BCUT2D eigenvalue weighted by Gasteiger charge is -2.13. The van der Waals surface area contributed by atoms with Gasteiger partial charge in [-0.05, 0) is 42.0 Å². The van der Waals surface area contributed by atoms with Crippen LogP contribution in [0.3, 0.4) is 0 Å². The molecule has 31 heavy (non-hydrogen) atoms. The molecule has 158 valence electrons. The molecule has 0 aliphatic carbocycles. The molecule has 0 saturated carbocycles. The van der Waals surface area contributed by atoms with Gasteiger partial charge in [-0.2, -0.15) is 0 Å². The summed E-state index contributed by atoms with van der Waals surface area (Å²) in [6.07, 6.45) is 0. The third-order valence-electron chi connectivity index (χ3n) is 4.25. The zero-order valence-corrected chi connectivity index (χ0v) is 17.2. The Hall–Kier alpha value is -3.71. The first-order valence-corrected chi connectivity index (χ1v) is 9.63. The monoisotopic (exact) mass is 440 g/mol. The zero-order chi connectivity index (χ0) is 22.4. The number of amides is 2. The number of anilines is 1. The van der Waals surface area contributed by atoms with Crippen LogP contribution in [0.25, 0.3) is 0 Å². The highest BCUT2D eigenvalue weighted by Crippen LogP contribution is 2.22. The van der Waals surface area contributed by atoms with Gasteiger partial charge < -0.3 is 15.4 Å². The second-order valence-corrected chi connectivity index (χ2v) is 6.92. The summed E-state index contributed by atoms with van der Waals surface area (Å²) in [5.41, 5.74) is 1.05. The first-order valence-electron chi connectivity index (χ1n) is 9.25. The Morgan fingerprint density at radius 1 is 0.968 bits per heavy atom. The number of benzene rings is 3. The Morgan fingerprint density at radius 3 is 2.45 bits per heavy atom. The van der Waals surface area contributed by atoms with Crippen LogP contribution >= 0.6 is 11.6 Å². The standard InChI is InChI=1S/C23H18ClFN2O4/c1-14(28)31-17-8-4-7-15(12-17)22(29)26-13-16-6-2-3-11-20(16)27-23(30)21-18(24)9-5-10-19(21)25/h2-12H,13H2,1H3,(H,26,29)(H,27,30). The minimum Gasteiger partial charge on any atom is -0.427 e. The van der Waals surface area contributed by atoms with Gasteiger partial charge in [0.05, 0.1) is 10.6 Å². The summed E-state index contributed by atoms with van der Waals surface area (Å²) in [4.78, 5) is 36.1. The summed E-state index contributed by atoms with van der Waals surface area (Å²) in [7, 11) is 0. The fraction of sp³-hybridized carbons (Fsp3) is 0.0870. The molecular weight excluding hydrogens is 423 g/mol. The maximum Gasteiger partial charge on any atom is 0.308 e. The Balaban J connectivity index is 1.72. The maximum atomic E-state index is 14.0. The molecule has 3 aromatic rings. The molecule has 0 radical (unpaired) electrons. The van der Waals surface area contributed by atoms with Crippen molar-refractivity contribution in [2.24, 2.45) is 0 Å². The summed E-state index contributed by atoms with van der Waals surface area (Å²) in [5, 5.41) is 5.37. The van der Waals surface area contributed by atoms with Gasteiger partial charge in [-0.15, -0.1) is 0 Å². The molecule has 2 N–H and O–H groups in total. The molecular formula is C23H18ClFN2O4. The zero-order valence-electron chi connectivity index (χ0n) is 16.4. The van der Waals surface area contributed by atoms with Crippen molar-refractivity contribution >= 4 is 35.1 Å². The van der Waals surface area contributed by atoms with E-state index in [-0.39, 0.29) is 22.9 Å². The molecule has 0 aromatic heterocycles. The highest BCUT2D eigenvalue weighted by atomic mass is 35.5. The lowest BCUT2D eigenvalue weighted by Crippen LogP contribution is -2.24. The van der Waals surface area contributed by atoms with Crippen LogP contribution in [0.2, 0.25) is 5.02 Å². The van der Waals surface area contributed by atoms with E-state index in [1.165, 1.54) is 25.1 Å². The van der Waals surface area contributed by atoms with Gasteiger partial charge in [-0.1, -0.05) is 41.9 Å². The predicted octanol–water partition coefficient (Wildman–Crippen LogP) is 4.59. The van der Waals surface area contributed by atoms with Crippen molar-refractivity contribution in [3.05, 3.63) is 94.3 Å². The van der Waals surface area contributed by atoms with Crippen LogP contribution in [0.4, 0.5) is 10.1 Å². The lowest BCUT2D eigenvalue weighted by molar-refractivity contribution is -0.131. The number of ether oxygens (including phenoxy) is 1. The fourth-order valence-corrected chi connectivity index (χ4v) is 3.09. The number of nitrogens with one attached hydrogen (secondary N) is 2. The smallest absolute Gasteiger partial charge is 0.308 e. The molecule has 2 amide bonds. The van der Waals surface area contributed by atoms with E-state index in [1.54, 1.807) is 42.5 Å². The molecule has 0 atom stereocenters. The van der Waals surface area contributed by atoms with Gasteiger partial charge in [0.15, 0.2) is 0 Å². The number of rotatable bonds is 6. The SMILES string of the molecule is CC(=O)Oc1cccc(C(=O)NCc2ccccc2NC(=O)c2c(F)cccc2Cl)c1. The van der Waals surface area contributed by atoms with E-state index in [1.807, 2.05) is 0 Å². The van der Waals surface area contributed by atoms with E-state index in [0.29, 0.717) is 16.8 Å². The number of para-hydroxylation sites is 1. The second-order valence-electron chi connectivity index (χ2n) is 6.51. The topological polar surface area (TPSA) is 84.5 Å². The van der Waals surface area contributed by atoms with E-state index < -0.39 is 23.6 Å². The van der Waals surface area contributed by atoms with Gasteiger partial charge >= 0.3 is 5.97 Å². The third-order valence-corrected chi connectivity index (χ3v) is 4.57. The molecule has 0 aliphatic rings. The highest BCUT2D eigenvalue weighted by Gasteiger charge is 2.17.